The Kier molecular flexibility index (Phi) is 10.6. The summed E-state index contributed by atoms with van der Waals surface area (Å²) in [5.74, 6) is 1.36. The van der Waals surface area contributed by atoms with E-state index in [-0.39, 0.29) is 17.5 Å². The Morgan fingerprint density at radius 3 is 2.46 bits per heavy atom. The average molecular weight is 477 g/mol. The lowest BCUT2D eigenvalue weighted by atomic mass is 9.90. The summed E-state index contributed by atoms with van der Waals surface area (Å²) in [6.45, 7) is 19.4. The van der Waals surface area contributed by atoms with Gasteiger partial charge in [0.2, 0.25) is 0 Å². The number of aromatic nitrogens is 2. The molecule has 2 aromatic rings. The first-order valence-corrected chi connectivity index (χ1v) is 12.9. The number of rotatable bonds is 13. The Hall–Kier alpha value is -3.07. The summed E-state index contributed by atoms with van der Waals surface area (Å²) in [5, 5.41) is 20.5. The van der Waals surface area contributed by atoms with Crippen molar-refractivity contribution in [1.29, 1.82) is 5.26 Å². The highest BCUT2D eigenvalue weighted by atomic mass is 15.1. The maximum Gasteiger partial charge on any atom is 0.150 e. The highest BCUT2D eigenvalue weighted by molar-refractivity contribution is 5.66. The third kappa shape index (κ3) is 9.24. The molecule has 0 radical (unpaired) electrons. The molecule has 2 heterocycles. The molecule has 0 saturated heterocycles. The predicted molar refractivity (Wildman–Crippen MR) is 148 cm³/mol. The number of pyridine rings is 2. The molecule has 0 aliphatic carbocycles. The number of aryl methyl sites for hydroxylation is 2. The molecule has 6 heteroatoms. The van der Waals surface area contributed by atoms with Crippen LogP contribution in [0.4, 0.5) is 17.3 Å². The molecule has 0 amide bonds. The smallest absolute Gasteiger partial charge is 0.150 e. The number of nitriles is 1. The van der Waals surface area contributed by atoms with Crippen LogP contribution in [0, 0.1) is 30.6 Å². The number of unbranched alkanes of at least 4 members (excludes halogenated alkanes) is 2. The van der Waals surface area contributed by atoms with Crippen LogP contribution in [0.15, 0.2) is 36.7 Å². The van der Waals surface area contributed by atoms with Gasteiger partial charge in [-0.25, -0.2) is 4.98 Å². The van der Waals surface area contributed by atoms with Crippen molar-refractivity contribution < 1.29 is 0 Å². The lowest BCUT2D eigenvalue weighted by Crippen LogP contribution is -2.44. The van der Waals surface area contributed by atoms with E-state index in [0.29, 0.717) is 11.4 Å². The first kappa shape index (κ1) is 28.2. The maximum atomic E-state index is 9.73. The SMILES string of the molecule is C=C(CC(C)(C)C)NC(CC)C(CCCCC)Nc1nc(Nc2ccnc(C)c2)c(C#N)cc1C. The van der Waals surface area contributed by atoms with Crippen molar-refractivity contribution in [2.45, 2.75) is 99.1 Å². The van der Waals surface area contributed by atoms with Crippen LogP contribution in [0.25, 0.3) is 0 Å². The quantitative estimate of drug-likeness (QED) is 0.261. The Morgan fingerprint density at radius 1 is 1.11 bits per heavy atom. The van der Waals surface area contributed by atoms with Gasteiger partial charge in [0.05, 0.1) is 5.56 Å². The molecule has 0 aromatic carbocycles. The van der Waals surface area contributed by atoms with E-state index in [4.69, 9.17) is 4.98 Å². The van der Waals surface area contributed by atoms with E-state index in [9.17, 15) is 5.26 Å². The van der Waals surface area contributed by atoms with Gasteiger partial charge in [-0.05, 0) is 62.3 Å². The molecule has 6 nitrogen and oxygen atoms in total. The second kappa shape index (κ2) is 13.1. The normalized spacial score (nSPS) is 13.0. The predicted octanol–water partition coefficient (Wildman–Crippen LogP) is 7.39. The van der Waals surface area contributed by atoms with Crippen LogP contribution >= 0.6 is 0 Å². The van der Waals surface area contributed by atoms with Crippen LogP contribution in [0.5, 0.6) is 0 Å². The standard InChI is InChI=1S/C29H44N6/c1-9-11-12-13-26(25(10-2)32-22(5)18-29(6,7)8)34-27-20(3)16-23(19-30)28(35-27)33-24-14-15-31-21(4)17-24/h14-17,25-26,32H,5,9-13,18H2,1-4,6-8H3,(H2,31,33,34,35). The van der Waals surface area contributed by atoms with Gasteiger partial charge in [-0.15, -0.1) is 0 Å². The molecular formula is C29H44N6. The van der Waals surface area contributed by atoms with E-state index < -0.39 is 0 Å². The van der Waals surface area contributed by atoms with E-state index in [1.807, 2.05) is 32.0 Å². The Balaban J connectivity index is 2.32. The van der Waals surface area contributed by atoms with Crippen molar-refractivity contribution in [3.63, 3.8) is 0 Å². The molecule has 0 aliphatic heterocycles. The minimum Gasteiger partial charge on any atom is -0.384 e. The van der Waals surface area contributed by atoms with Crippen molar-refractivity contribution in [3.8, 4) is 6.07 Å². The van der Waals surface area contributed by atoms with Crippen molar-refractivity contribution in [1.82, 2.24) is 15.3 Å². The van der Waals surface area contributed by atoms with Gasteiger partial charge in [0.1, 0.15) is 11.9 Å². The Labute approximate surface area is 212 Å². The molecule has 0 spiro atoms. The first-order chi connectivity index (χ1) is 16.6. The average Bonchev–Trinajstić information content (AvgIpc) is 2.77. The fraction of sp³-hybridized carbons (Fsp3) is 0.552. The molecule has 0 aliphatic rings. The number of hydrogen-bond donors (Lipinski definition) is 3. The van der Waals surface area contributed by atoms with E-state index in [0.717, 1.165) is 54.1 Å². The molecule has 0 fully saturated rings. The lowest BCUT2D eigenvalue weighted by Gasteiger charge is -2.32. The Morgan fingerprint density at radius 2 is 1.86 bits per heavy atom. The number of allylic oxidation sites excluding steroid dienone is 1. The highest BCUT2D eigenvalue weighted by Gasteiger charge is 2.23. The zero-order valence-electron chi connectivity index (χ0n) is 22.8. The fourth-order valence-corrected chi connectivity index (χ4v) is 4.30. The summed E-state index contributed by atoms with van der Waals surface area (Å²) in [6, 6.07) is 8.44. The zero-order valence-corrected chi connectivity index (χ0v) is 22.8. The third-order valence-corrected chi connectivity index (χ3v) is 5.99. The summed E-state index contributed by atoms with van der Waals surface area (Å²) in [6.07, 6.45) is 8.22. The summed E-state index contributed by atoms with van der Waals surface area (Å²) in [4.78, 5) is 9.13. The van der Waals surface area contributed by atoms with Gasteiger partial charge in [-0.3, -0.25) is 4.98 Å². The molecule has 2 unspecified atom stereocenters. The minimum atomic E-state index is 0.185. The van der Waals surface area contributed by atoms with Gasteiger partial charge < -0.3 is 16.0 Å². The lowest BCUT2D eigenvalue weighted by molar-refractivity contribution is 0.372. The molecule has 2 aromatic heterocycles. The highest BCUT2D eigenvalue weighted by Crippen LogP contribution is 2.27. The molecule has 2 atom stereocenters. The summed E-state index contributed by atoms with van der Waals surface area (Å²) in [5.41, 5.74) is 4.51. The molecule has 3 N–H and O–H groups in total. The maximum absolute atomic E-state index is 9.73. The van der Waals surface area contributed by atoms with E-state index >= 15 is 0 Å². The van der Waals surface area contributed by atoms with Crippen LogP contribution < -0.4 is 16.0 Å². The molecular weight excluding hydrogens is 432 g/mol. The van der Waals surface area contributed by atoms with Crippen molar-refractivity contribution in [2.75, 3.05) is 10.6 Å². The summed E-state index contributed by atoms with van der Waals surface area (Å²) < 4.78 is 0. The summed E-state index contributed by atoms with van der Waals surface area (Å²) >= 11 is 0. The van der Waals surface area contributed by atoms with Crippen molar-refractivity contribution >= 4 is 17.3 Å². The number of nitrogens with zero attached hydrogens (tertiary/aromatic N) is 3. The first-order valence-electron chi connectivity index (χ1n) is 12.9. The molecule has 190 valence electrons. The van der Waals surface area contributed by atoms with Crippen LogP contribution in [0.3, 0.4) is 0 Å². The number of hydrogen-bond acceptors (Lipinski definition) is 6. The number of nitrogens with one attached hydrogen (secondary N) is 3. The minimum absolute atomic E-state index is 0.185. The van der Waals surface area contributed by atoms with Crippen LogP contribution in [-0.2, 0) is 0 Å². The third-order valence-electron chi connectivity index (χ3n) is 5.99. The molecule has 0 bridgehead atoms. The van der Waals surface area contributed by atoms with E-state index in [1.54, 1.807) is 6.20 Å². The second-order valence-corrected chi connectivity index (χ2v) is 10.7. The topological polar surface area (TPSA) is 85.7 Å². The molecule has 2 rings (SSSR count). The molecule has 35 heavy (non-hydrogen) atoms. The van der Waals surface area contributed by atoms with Crippen molar-refractivity contribution in [2.24, 2.45) is 5.41 Å². The van der Waals surface area contributed by atoms with Crippen LogP contribution in [0.2, 0.25) is 0 Å². The van der Waals surface area contributed by atoms with Crippen LogP contribution in [-0.4, -0.2) is 22.1 Å². The second-order valence-electron chi connectivity index (χ2n) is 10.7. The van der Waals surface area contributed by atoms with Gasteiger partial charge in [0, 0.05) is 35.4 Å². The van der Waals surface area contributed by atoms with Gasteiger partial charge in [0.25, 0.3) is 0 Å². The molecule has 0 saturated carbocycles. The van der Waals surface area contributed by atoms with Crippen molar-refractivity contribution in [3.05, 3.63) is 53.5 Å². The van der Waals surface area contributed by atoms with E-state index in [1.165, 1.54) is 12.8 Å². The van der Waals surface area contributed by atoms with Gasteiger partial charge >= 0.3 is 0 Å². The van der Waals surface area contributed by atoms with Crippen LogP contribution in [0.1, 0.15) is 90.0 Å². The number of anilines is 3. The monoisotopic (exact) mass is 476 g/mol. The van der Waals surface area contributed by atoms with Gasteiger partial charge in [-0.2, -0.15) is 5.26 Å². The fourth-order valence-electron chi connectivity index (χ4n) is 4.30. The van der Waals surface area contributed by atoms with Gasteiger partial charge in [0.15, 0.2) is 5.82 Å². The largest absolute Gasteiger partial charge is 0.384 e. The Bertz CT molecular complexity index is 1010. The van der Waals surface area contributed by atoms with Gasteiger partial charge in [-0.1, -0.05) is 60.5 Å². The summed E-state index contributed by atoms with van der Waals surface area (Å²) in [7, 11) is 0. The van der Waals surface area contributed by atoms with E-state index in [2.05, 4.69) is 68.2 Å². The zero-order chi connectivity index (χ0) is 26.0.